The molecule has 1 N–H and O–H groups in total. The highest BCUT2D eigenvalue weighted by molar-refractivity contribution is 6.19. The first-order valence-corrected chi connectivity index (χ1v) is 6.14. The number of nitrogens with one attached hydrogen (secondary N) is 1. The van der Waals surface area contributed by atoms with Crippen LogP contribution in [0.1, 0.15) is 44.9 Å². The van der Waals surface area contributed by atoms with Crippen molar-refractivity contribution < 1.29 is 4.79 Å². The number of amides is 1. The molecular formula is C11H18ClNO. The second kappa shape index (κ2) is 4.09. The van der Waals surface area contributed by atoms with Crippen LogP contribution in [0.5, 0.6) is 0 Å². The molecule has 2 aliphatic carbocycles. The van der Waals surface area contributed by atoms with Gasteiger partial charge in [-0.25, -0.2) is 0 Å². The Morgan fingerprint density at radius 1 is 1.36 bits per heavy atom. The number of hydrogen-bond donors (Lipinski definition) is 1. The van der Waals surface area contributed by atoms with E-state index in [2.05, 4.69) is 5.32 Å². The fraction of sp³-hybridized carbons (Fsp3) is 0.909. The van der Waals surface area contributed by atoms with Crippen LogP contribution in [0.15, 0.2) is 0 Å². The van der Waals surface area contributed by atoms with Crippen molar-refractivity contribution in [3.63, 3.8) is 0 Å². The Morgan fingerprint density at radius 3 is 2.50 bits per heavy atom. The van der Waals surface area contributed by atoms with Crippen molar-refractivity contribution in [2.24, 2.45) is 5.92 Å². The van der Waals surface area contributed by atoms with E-state index >= 15 is 0 Å². The zero-order chi connectivity index (χ0) is 10.0. The Hall–Kier alpha value is -0.240. The standard InChI is InChI=1S/C11H18ClNO/c12-8-11(5-6-11)13-10(14)7-9-3-1-2-4-9/h9H,1-8H2,(H,13,14). The average molecular weight is 216 g/mol. The highest BCUT2D eigenvalue weighted by Gasteiger charge is 2.43. The van der Waals surface area contributed by atoms with Gasteiger partial charge in [0.05, 0.1) is 5.54 Å². The first-order chi connectivity index (χ1) is 6.74. The summed E-state index contributed by atoms with van der Waals surface area (Å²) in [5, 5.41) is 3.07. The second-order valence-electron chi connectivity index (χ2n) is 4.82. The van der Waals surface area contributed by atoms with Gasteiger partial charge >= 0.3 is 0 Å². The lowest BCUT2D eigenvalue weighted by Gasteiger charge is -2.15. The SMILES string of the molecule is O=C(CC1CCCC1)NC1(CCl)CC1. The maximum Gasteiger partial charge on any atom is 0.220 e. The highest BCUT2D eigenvalue weighted by atomic mass is 35.5. The van der Waals surface area contributed by atoms with Gasteiger partial charge < -0.3 is 5.32 Å². The van der Waals surface area contributed by atoms with Crippen LogP contribution in [0.4, 0.5) is 0 Å². The summed E-state index contributed by atoms with van der Waals surface area (Å²) in [7, 11) is 0. The molecule has 2 saturated carbocycles. The lowest BCUT2D eigenvalue weighted by molar-refractivity contribution is -0.122. The van der Waals surface area contributed by atoms with Crippen molar-refractivity contribution in [3.05, 3.63) is 0 Å². The third-order valence-electron chi connectivity index (χ3n) is 3.46. The molecule has 0 saturated heterocycles. The van der Waals surface area contributed by atoms with Gasteiger partial charge in [-0.15, -0.1) is 11.6 Å². The molecule has 14 heavy (non-hydrogen) atoms. The van der Waals surface area contributed by atoms with Crippen LogP contribution in [0.2, 0.25) is 0 Å². The molecule has 0 radical (unpaired) electrons. The Bertz CT molecular complexity index is 219. The summed E-state index contributed by atoms with van der Waals surface area (Å²) in [6.07, 6.45) is 7.93. The minimum atomic E-state index is -0.0166. The lowest BCUT2D eigenvalue weighted by atomic mass is 10.0. The Labute approximate surface area is 90.4 Å². The first-order valence-electron chi connectivity index (χ1n) is 5.61. The fourth-order valence-corrected chi connectivity index (χ4v) is 2.60. The van der Waals surface area contributed by atoms with Gasteiger partial charge in [-0.3, -0.25) is 4.79 Å². The summed E-state index contributed by atoms with van der Waals surface area (Å²) >= 11 is 5.80. The predicted molar refractivity (Wildman–Crippen MR) is 57.4 cm³/mol. The number of hydrogen-bond acceptors (Lipinski definition) is 1. The molecule has 0 atom stereocenters. The first kappa shape index (κ1) is 10.3. The molecule has 0 unspecified atom stereocenters. The zero-order valence-electron chi connectivity index (χ0n) is 8.52. The summed E-state index contributed by atoms with van der Waals surface area (Å²) in [5.74, 6) is 1.43. The van der Waals surface area contributed by atoms with Crippen molar-refractivity contribution in [1.29, 1.82) is 0 Å². The highest BCUT2D eigenvalue weighted by Crippen LogP contribution is 2.37. The molecule has 0 aromatic heterocycles. The van der Waals surface area contributed by atoms with Crippen LogP contribution in [0.3, 0.4) is 0 Å². The summed E-state index contributed by atoms with van der Waals surface area (Å²) < 4.78 is 0. The van der Waals surface area contributed by atoms with E-state index < -0.39 is 0 Å². The molecule has 0 aromatic rings. The van der Waals surface area contributed by atoms with Gasteiger partial charge in [-0.05, 0) is 31.6 Å². The van der Waals surface area contributed by atoms with Crippen molar-refractivity contribution in [1.82, 2.24) is 5.32 Å². The van der Waals surface area contributed by atoms with Crippen molar-refractivity contribution in [2.45, 2.75) is 50.5 Å². The van der Waals surface area contributed by atoms with Gasteiger partial charge in [0.25, 0.3) is 0 Å². The van der Waals surface area contributed by atoms with Gasteiger partial charge in [0, 0.05) is 12.3 Å². The molecule has 2 rings (SSSR count). The van der Waals surface area contributed by atoms with Crippen LogP contribution in [0.25, 0.3) is 0 Å². The number of carbonyl (C=O) groups is 1. The van der Waals surface area contributed by atoms with Crippen LogP contribution in [0, 0.1) is 5.92 Å². The van der Waals surface area contributed by atoms with E-state index in [1.54, 1.807) is 0 Å². The number of halogens is 1. The predicted octanol–water partition coefficient (Wildman–Crippen LogP) is 2.45. The lowest BCUT2D eigenvalue weighted by Crippen LogP contribution is -2.38. The van der Waals surface area contributed by atoms with Crippen molar-refractivity contribution in [3.8, 4) is 0 Å². The monoisotopic (exact) mass is 215 g/mol. The Morgan fingerprint density at radius 2 is 2.00 bits per heavy atom. The van der Waals surface area contributed by atoms with E-state index in [0.29, 0.717) is 11.8 Å². The summed E-state index contributed by atoms with van der Waals surface area (Å²) in [6, 6.07) is 0. The summed E-state index contributed by atoms with van der Waals surface area (Å²) in [6.45, 7) is 0. The number of carbonyl (C=O) groups excluding carboxylic acids is 1. The van der Waals surface area contributed by atoms with Crippen molar-refractivity contribution in [2.75, 3.05) is 5.88 Å². The molecule has 2 aliphatic rings. The maximum atomic E-state index is 11.6. The fourth-order valence-electron chi connectivity index (χ4n) is 2.27. The van der Waals surface area contributed by atoms with Crippen LogP contribution in [-0.2, 0) is 4.79 Å². The minimum absolute atomic E-state index is 0.0166. The zero-order valence-corrected chi connectivity index (χ0v) is 9.28. The third-order valence-corrected chi connectivity index (χ3v) is 3.97. The molecule has 0 bridgehead atoms. The molecule has 3 heteroatoms. The third kappa shape index (κ3) is 2.41. The molecule has 80 valence electrons. The van der Waals surface area contributed by atoms with Crippen LogP contribution < -0.4 is 5.32 Å². The molecule has 0 spiro atoms. The van der Waals surface area contributed by atoms with Crippen molar-refractivity contribution >= 4 is 17.5 Å². The topological polar surface area (TPSA) is 29.1 Å². The van der Waals surface area contributed by atoms with E-state index in [1.165, 1.54) is 25.7 Å². The Balaban J connectivity index is 1.73. The van der Waals surface area contributed by atoms with Gasteiger partial charge in [0.2, 0.25) is 5.91 Å². The smallest absolute Gasteiger partial charge is 0.220 e. The van der Waals surface area contributed by atoms with E-state index in [9.17, 15) is 4.79 Å². The molecule has 2 nitrogen and oxygen atoms in total. The maximum absolute atomic E-state index is 11.6. The largest absolute Gasteiger partial charge is 0.349 e. The Kier molecular flexibility index (Phi) is 3.01. The van der Waals surface area contributed by atoms with Gasteiger partial charge in [-0.2, -0.15) is 0 Å². The summed E-state index contributed by atoms with van der Waals surface area (Å²) in [4.78, 5) is 11.6. The molecule has 0 aromatic carbocycles. The minimum Gasteiger partial charge on any atom is -0.349 e. The number of alkyl halides is 1. The molecular weight excluding hydrogens is 198 g/mol. The van der Waals surface area contributed by atoms with Gasteiger partial charge in [-0.1, -0.05) is 12.8 Å². The number of rotatable bonds is 4. The van der Waals surface area contributed by atoms with Gasteiger partial charge in [0.1, 0.15) is 0 Å². The molecule has 1 amide bonds. The molecule has 0 aliphatic heterocycles. The van der Waals surface area contributed by atoms with E-state index in [1.807, 2.05) is 0 Å². The van der Waals surface area contributed by atoms with E-state index in [0.717, 1.165) is 19.3 Å². The summed E-state index contributed by atoms with van der Waals surface area (Å²) in [5.41, 5.74) is -0.0166. The van der Waals surface area contributed by atoms with E-state index in [4.69, 9.17) is 11.6 Å². The second-order valence-corrected chi connectivity index (χ2v) is 5.08. The van der Waals surface area contributed by atoms with Crippen LogP contribution >= 0.6 is 11.6 Å². The van der Waals surface area contributed by atoms with Gasteiger partial charge in [0.15, 0.2) is 0 Å². The van der Waals surface area contributed by atoms with E-state index in [-0.39, 0.29) is 11.4 Å². The molecule has 2 fully saturated rings. The average Bonchev–Trinajstić information content (AvgIpc) is 2.74. The normalized spacial score (nSPS) is 24.9. The molecule has 0 heterocycles. The quantitative estimate of drug-likeness (QED) is 0.718. The van der Waals surface area contributed by atoms with Crippen LogP contribution in [-0.4, -0.2) is 17.3 Å².